The van der Waals surface area contributed by atoms with Crippen molar-refractivity contribution in [2.75, 3.05) is 24.7 Å². The Labute approximate surface area is 142 Å². The highest BCUT2D eigenvalue weighted by atomic mass is 79.9. The summed E-state index contributed by atoms with van der Waals surface area (Å²) in [6.07, 6.45) is 3.57. The van der Waals surface area contributed by atoms with Crippen LogP contribution >= 0.6 is 15.9 Å². The molecule has 4 rings (SSSR count). The van der Waals surface area contributed by atoms with Crippen LogP contribution in [0.3, 0.4) is 0 Å². The van der Waals surface area contributed by atoms with Crippen LogP contribution in [0.25, 0.3) is 16.9 Å². The van der Waals surface area contributed by atoms with Gasteiger partial charge in [0.2, 0.25) is 0 Å². The van der Waals surface area contributed by atoms with Gasteiger partial charge in [-0.3, -0.25) is 4.68 Å². The molecule has 3 aromatic rings. The summed E-state index contributed by atoms with van der Waals surface area (Å²) in [6, 6.07) is 4.37. The first-order valence-electron chi connectivity index (χ1n) is 7.52. The van der Waals surface area contributed by atoms with Crippen LogP contribution in [0.2, 0.25) is 0 Å². The molecular formula is C15H17BrN6O. The van der Waals surface area contributed by atoms with Crippen LogP contribution in [-0.2, 0) is 11.8 Å². The Morgan fingerprint density at radius 3 is 3.00 bits per heavy atom. The lowest BCUT2D eigenvalue weighted by molar-refractivity contribution is 0.0984. The molecule has 23 heavy (non-hydrogen) atoms. The number of ether oxygens (including phenoxy) is 1. The van der Waals surface area contributed by atoms with E-state index in [0.717, 1.165) is 40.5 Å². The summed E-state index contributed by atoms with van der Waals surface area (Å²) in [4.78, 5) is 6.76. The second-order valence-electron chi connectivity index (χ2n) is 5.69. The minimum Gasteiger partial charge on any atom is -0.377 e. The standard InChI is InChI=1S/C15H17BrN6O/c1-10-9-23-6-5-21(10)14-7-11(12-3-4-18-20(12)2)15-17-8-13(16)22(15)19-14/h3-4,7-8,10H,5-6,9H2,1-2H3. The normalized spacial score (nSPS) is 18.7. The number of fused-ring (bicyclic) bond motifs is 1. The fourth-order valence-corrected chi connectivity index (χ4v) is 3.31. The van der Waals surface area contributed by atoms with Crippen LogP contribution in [0.15, 0.2) is 29.1 Å². The van der Waals surface area contributed by atoms with Crippen molar-refractivity contribution in [1.82, 2.24) is 24.4 Å². The topological polar surface area (TPSA) is 60.5 Å². The molecule has 0 bridgehead atoms. The summed E-state index contributed by atoms with van der Waals surface area (Å²) >= 11 is 3.53. The number of rotatable bonds is 2. The molecule has 4 heterocycles. The largest absolute Gasteiger partial charge is 0.377 e. The van der Waals surface area contributed by atoms with Crippen molar-refractivity contribution >= 4 is 27.4 Å². The van der Waals surface area contributed by atoms with E-state index in [0.29, 0.717) is 6.61 Å². The van der Waals surface area contributed by atoms with Crippen molar-refractivity contribution in [1.29, 1.82) is 0 Å². The predicted octanol–water partition coefficient (Wildman–Crippen LogP) is 2.12. The third-order valence-corrected chi connectivity index (χ3v) is 4.71. The molecule has 7 nitrogen and oxygen atoms in total. The first kappa shape index (κ1) is 14.6. The van der Waals surface area contributed by atoms with Crippen molar-refractivity contribution in [2.24, 2.45) is 7.05 Å². The van der Waals surface area contributed by atoms with Crippen LogP contribution in [0.1, 0.15) is 6.92 Å². The molecule has 0 amide bonds. The first-order chi connectivity index (χ1) is 11.1. The molecule has 0 aromatic carbocycles. The molecule has 1 unspecified atom stereocenters. The average Bonchev–Trinajstić information content (AvgIpc) is 3.14. The Kier molecular flexibility index (Phi) is 3.57. The van der Waals surface area contributed by atoms with Crippen molar-refractivity contribution in [2.45, 2.75) is 13.0 Å². The zero-order valence-corrected chi connectivity index (χ0v) is 14.6. The number of hydrogen-bond acceptors (Lipinski definition) is 5. The van der Waals surface area contributed by atoms with Crippen molar-refractivity contribution in [3.63, 3.8) is 0 Å². The summed E-state index contributed by atoms with van der Waals surface area (Å²) in [5.74, 6) is 0.920. The van der Waals surface area contributed by atoms with Gasteiger partial charge in [-0.2, -0.15) is 5.10 Å². The lowest BCUT2D eigenvalue weighted by Crippen LogP contribution is -2.44. The van der Waals surface area contributed by atoms with E-state index >= 15 is 0 Å². The third kappa shape index (κ3) is 2.42. The number of nitrogens with zero attached hydrogens (tertiary/aromatic N) is 6. The molecule has 0 radical (unpaired) electrons. The van der Waals surface area contributed by atoms with E-state index in [1.54, 1.807) is 12.4 Å². The number of imidazole rings is 1. The second kappa shape index (κ2) is 5.61. The summed E-state index contributed by atoms with van der Waals surface area (Å²) < 4.78 is 10.1. The Balaban J connectivity index is 1.93. The number of morpholine rings is 1. The molecule has 1 saturated heterocycles. The summed E-state index contributed by atoms with van der Waals surface area (Å²) in [5.41, 5.74) is 2.84. The van der Waals surface area contributed by atoms with Crippen LogP contribution in [0.5, 0.6) is 0 Å². The van der Waals surface area contributed by atoms with Gasteiger partial charge in [-0.1, -0.05) is 0 Å². The lowest BCUT2D eigenvalue weighted by Gasteiger charge is -2.34. The molecule has 120 valence electrons. The van der Waals surface area contributed by atoms with Crippen molar-refractivity contribution in [3.05, 3.63) is 29.1 Å². The van der Waals surface area contributed by atoms with Gasteiger partial charge in [0.1, 0.15) is 4.60 Å². The Bertz CT molecular complexity index is 857. The summed E-state index contributed by atoms with van der Waals surface area (Å²) in [7, 11) is 1.93. The number of hydrogen-bond donors (Lipinski definition) is 0. The molecular weight excluding hydrogens is 360 g/mol. The average molecular weight is 377 g/mol. The van der Waals surface area contributed by atoms with Gasteiger partial charge in [0, 0.05) is 25.4 Å². The Morgan fingerprint density at radius 2 is 2.26 bits per heavy atom. The number of aryl methyl sites for hydroxylation is 1. The molecule has 0 saturated carbocycles. The fraction of sp³-hybridized carbons (Fsp3) is 0.400. The molecule has 1 aliphatic rings. The Morgan fingerprint density at radius 1 is 1.39 bits per heavy atom. The van der Waals surface area contributed by atoms with Gasteiger partial charge >= 0.3 is 0 Å². The highest BCUT2D eigenvalue weighted by molar-refractivity contribution is 9.10. The molecule has 0 aliphatic carbocycles. The maximum Gasteiger partial charge on any atom is 0.164 e. The van der Waals surface area contributed by atoms with E-state index in [9.17, 15) is 0 Å². The highest BCUT2D eigenvalue weighted by Crippen LogP contribution is 2.29. The molecule has 1 atom stereocenters. The van der Waals surface area contributed by atoms with Gasteiger partial charge < -0.3 is 9.64 Å². The van der Waals surface area contributed by atoms with Gasteiger partial charge in [0.25, 0.3) is 0 Å². The minimum absolute atomic E-state index is 0.287. The zero-order chi connectivity index (χ0) is 16.0. The third-order valence-electron chi connectivity index (χ3n) is 4.17. The molecule has 0 N–H and O–H groups in total. The molecule has 1 fully saturated rings. The number of aromatic nitrogens is 5. The minimum atomic E-state index is 0.287. The Hall–Kier alpha value is -1.93. The maximum absolute atomic E-state index is 5.54. The lowest BCUT2D eigenvalue weighted by atomic mass is 10.2. The van der Waals surface area contributed by atoms with E-state index in [1.807, 2.05) is 22.3 Å². The predicted molar refractivity (Wildman–Crippen MR) is 90.5 cm³/mol. The summed E-state index contributed by atoms with van der Waals surface area (Å²) in [5, 5.41) is 9.03. The van der Waals surface area contributed by atoms with Crippen LogP contribution < -0.4 is 4.90 Å². The van der Waals surface area contributed by atoms with Gasteiger partial charge in [-0.05, 0) is 35.0 Å². The second-order valence-corrected chi connectivity index (χ2v) is 6.50. The maximum atomic E-state index is 5.54. The van der Waals surface area contributed by atoms with E-state index in [1.165, 1.54) is 0 Å². The van der Waals surface area contributed by atoms with Crippen LogP contribution in [-0.4, -0.2) is 50.2 Å². The zero-order valence-electron chi connectivity index (χ0n) is 13.0. The molecule has 8 heteroatoms. The smallest absolute Gasteiger partial charge is 0.164 e. The fourth-order valence-electron chi connectivity index (χ4n) is 2.96. The van der Waals surface area contributed by atoms with Gasteiger partial charge in [-0.25, -0.2) is 9.50 Å². The van der Waals surface area contributed by atoms with Gasteiger partial charge in [0.05, 0.1) is 31.1 Å². The van der Waals surface area contributed by atoms with Crippen molar-refractivity contribution < 1.29 is 4.74 Å². The van der Waals surface area contributed by atoms with E-state index < -0.39 is 0 Å². The van der Waals surface area contributed by atoms with E-state index in [4.69, 9.17) is 9.84 Å². The number of anilines is 1. The number of halogens is 1. The highest BCUT2D eigenvalue weighted by Gasteiger charge is 2.23. The van der Waals surface area contributed by atoms with Crippen LogP contribution in [0, 0.1) is 0 Å². The molecule has 3 aromatic heterocycles. The molecule has 1 aliphatic heterocycles. The quantitative estimate of drug-likeness (QED) is 0.685. The van der Waals surface area contributed by atoms with Gasteiger partial charge in [-0.15, -0.1) is 5.10 Å². The first-order valence-corrected chi connectivity index (χ1v) is 8.31. The van der Waals surface area contributed by atoms with E-state index in [-0.39, 0.29) is 6.04 Å². The van der Waals surface area contributed by atoms with Crippen molar-refractivity contribution in [3.8, 4) is 11.3 Å². The van der Waals surface area contributed by atoms with Crippen LogP contribution in [0.4, 0.5) is 5.82 Å². The summed E-state index contributed by atoms with van der Waals surface area (Å²) in [6.45, 7) is 4.41. The SMILES string of the molecule is CC1COCCN1c1cc(-c2ccnn2C)c2ncc(Br)n2n1. The monoisotopic (exact) mass is 376 g/mol. The van der Waals surface area contributed by atoms with Gasteiger partial charge in [0.15, 0.2) is 11.5 Å². The van der Waals surface area contributed by atoms with E-state index in [2.05, 4.69) is 43.9 Å². The molecule has 0 spiro atoms.